The lowest BCUT2D eigenvalue weighted by Gasteiger charge is -2.18. The number of sulfonamides is 1. The number of amides is 1. The molecule has 166 valence electrons. The Morgan fingerprint density at radius 2 is 1.65 bits per heavy atom. The minimum atomic E-state index is -3.96. The third-order valence-corrected chi connectivity index (χ3v) is 6.37. The minimum absolute atomic E-state index is 0.0560. The van der Waals surface area contributed by atoms with Crippen LogP contribution in [0.4, 0.5) is 0 Å². The van der Waals surface area contributed by atoms with Crippen LogP contribution in [0.2, 0.25) is 0 Å². The molecule has 31 heavy (non-hydrogen) atoms. The molecule has 0 bridgehead atoms. The molecule has 9 heteroatoms. The van der Waals surface area contributed by atoms with Crippen LogP contribution in [0.5, 0.6) is 0 Å². The van der Waals surface area contributed by atoms with Crippen LogP contribution in [-0.2, 0) is 30.8 Å². The van der Waals surface area contributed by atoms with Crippen LogP contribution < -0.4 is 5.32 Å². The summed E-state index contributed by atoms with van der Waals surface area (Å²) < 4.78 is 31.1. The zero-order valence-electron chi connectivity index (χ0n) is 17.7. The standard InChI is InChI=1S/C22H26N2O6S/c1-16(25)19-9-11-20(12-10-19)31(28,29)24(3)15-21(26)30-17(2)22(27)23-14-13-18-7-5-4-6-8-18/h4-12,17H,13-15H2,1-3H3,(H,23,27). The molecule has 0 aliphatic rings. The van der Waals surface area contributed by atoms with Crippen molar-refractivity contribution in [1.29, 1.82) is 0 Å². The van der Waals surface area contributed by atoms with Crippen LogP contribution in [0.25, 0.3) is 0 Å². The highest BCUT2D eigenvalue weighted by molar-refractivity contribution is 7.89. The predicted octanol–water partition coefficient (Wildman–Crippen LogP) is 1.80. The average molecular weight is 447 g/mol. The number of nitrogens with one attached hydrogen (secondary N) is 1. The molecule has 1 N–H and O–H groups in total. The van der Waals surface area contributed by atoms with Crippen molar-refractivity contribution in [3.63, 3.8) is 0 Å². The van der Waals surface area contributed by atoms with Crippen LogP contribution in [0.1, 0.15) is 29.8 Å². The third-order valence-electron chi connectivity index (χ3n) is 4.55. The first-order chi connectivity index (χ1) is 14.6. The van der Waals surface area contributed by atoms with Gasteiger partial charge in [-0.3, -0.25) is 14.4 Å². The highest BCUT2D eigenvalue weighted by Crippen LogP contribution is 2.15. The fraction of sp³-hybridized carbons (Fsp3) is 0.318. The smallest absolute Gasteiger partial charge is 0.322 e. The van der Waals surface area contributed by atoms with E-state index in [1.165, 1.54) is 45.2 Å². The molecule has 0 aliphatic carbocycles. The summed E-state index contributed by atoms with van der Waals surface area (Å²) in [6.45, 7) is 2.63. The van der Waals surface area contributed by atoms with Crippen molar-refractivity contribution >= 4 is 27.7 Å². The van der Waals surface area contributed by atoms with Gasteiger partial charge in [-0.2, -0.15) is 4.31 Å². The highest BCUT2D eigenvalue weighted by Gasteiger charge is 2.25. The Morgan fingerprint density at radius 3 is 2.23 bits per heavy atom. The monoisotopic (exact) mass is 446 g/mol. The fourth-order valence-corrected chi connectivity index (χ4v) is 3.83. The van der Waals surface area contributed by atoms with Gasteiger partial charge in [0.05, 0.1) is 4.90 Å². The second kappa shape index (κ2) is 10.8. The number of ether oxygens (including phenoxy) is 1. The van der Waals surface area contributed by atoms with E-state index in [9.17, 15) is 22.8 Å². The van der Waals surface area contributed by atoms with Gasteiger partial charge >= 0.3 is 5.97 Å². The van der Waals surface area contributed by atoms with Gasteiger partial charge in [0, 0.05) is 19.2 Å². The molecule has 0 aromatic heterocycles. The molecule has 0 saturated carbocycles. The van der Waals surface area contributed by atoms with E-state index in [-0.39, 0.29) is 10.7 Å². The summed E-state index contributed by atoms with van der Waals surface area (Å²) in [5, 5.41) is 2.68. The van der Waals surface area contributed by atoms with Gasteiger partial charge in [0.1, 0.15) is 6.54 Å². The maximum Gasteiger partial charge on any atom is 0.322 e. The highest BCUT2D eigenvalue weighted by atomic mass is 32.2. The quantitative estimate of drug-likeness (QED) is 0.440. The number of rotatable bonds is 10. The van der Waals surface area contributed by atoms with E-state index in [0.717, 1.165) is 9.87 Å². The van der Waals surface area contributed by atoms with Crippen molar-refractivity contribution in [1.82, 2.24) is 9.62 Å². The summed E-state index contributed by atoms with van der Waals surface area (Å²) in [5.74, 6) is -1.50. The Morgan fingerprint density at radius 1 is 1.03 bits per heavy atom. The molecule has 0 saturated heterocycles. The Bertz CT molecular complexity index is 1020. The zero-order valence-corrected chi connectivity index (χ0v) is 18.5. The van der Waals surface area contributed by atoms with Gasteiger partial charge in [0.2, 0.25) is 10.0 Å². The van der Waals surface area contributed by atoms with Crippen molar-refractivity contribution in [3.05, 3.63) is 65.7 Å². The van der Waals surface area contributed by atoms with E-state index in [1.807, 2.05) is 30.3 Å². The lowest BCUT2D eigenvalue weighted by Crippen LogP contribution is -2.40. The van der Waals surface area contributed by atoms with Gasteiger partial charge in [0.25, 0.3) is 5.91 Å². The second-order valence-corrected chi connectivity index (χ2v) is 9.05. The molecule has 1 atom stereocenters. The molecule has 8 nitrogen and oxygen atoms in total. The van der Waals surface area contributed by atoms with E-state index >= 15 is 0 Å². The average Bonchev–Trinajstić information content (AvgIpc) is 2.74. The lowest BCUT2D eigenvalue weighted by molar-refractivity contribution is -0.154. The van der Waals surface area contributed by atoms with Crippen LogP contribution >= 0.6 is 0 Å². The van der Waals surface area contributed by atoms with Crippen molar-refractivity contribution in [2.75, 3.05) is 20.1 Å². The molecule has 2 aromatic carbocycles. The summed E-state index contributed by atoms with van der Waals surface area (Å²) in [6.07, 6.45) is -0.425. The summed E-state index contributed by atoms with van der Waals surface area (Å²) in [5.41, 5.74) is 1.45. The second-order valence-electron chi connectivity index (χ2n) is 7.00. The van der Waals surface area contributed by atoms with Crippen molar-refractivity contribution in [2.24, 2.45) is 0 Å². The summed E-state index contributed by atoms with van der Waals surface area (Å²) >= 11 is 0. The van der Waals surface area contributed by atoms with Crippen LogP contribution in [0.15, 0.2) is 59.5 Å². The third kappa shape index (κ3) is 7.01. The Kier molecular flexibility index (Phi) is 8.47. The number of likely N-dealkylation sites (N-methyl/N-ethyl adjacent to an activating group) is 1. The number of esters is 1. The first-order valence-electron chi connectivity index (χ1n) is 9.69. The Hall–Kier alpha value is -3.04. The maximum atomic E-state index is 12.6. The van der Waals surface area contributed by atoms with Crippen molar-refractivity contribution in [3.8, 4) is 0 Å². The molecule has 0 fully saturated rings. The molecule has 0 radical (unpaired) electrons. The topological polar surface area (TPSA) is 110 Å². The van der Waals surface area contributed by atoms with Gasteiger partial charge in [-0.15, -0.1) is 0 Å². The molecule has 2 rings (SSSR count). The number of carbonyl (C=O) groups excluding carboxylic acids is 3. The van der Waals surface area contributed by atoms with E-state index in [1.54, 1.807) is 0 Å². The predicted molar refractivity (Wildman–Crippen MR) is 115 cm³/mol. The number of carbonyl (C=O) groups is 3. The first-order valence-corrected chi connectivity index (χ1v) is 11.1. The molecule has 0 heterocycles. The summed E-state index contributed by atoms with van der Waals surface area (Å²) in [6, 6.07) is 15.0. The van der Waals surface area contributed by atoms with E-state index in [2.05, 4.69) is 5.32 Å². The van der Waals surface area contributed by atoms with Crippen molar-refractivity contribution in [2.45, 2.75) is 31.3 Å². The van der Waals surface area contributed by atoms with Crippen LogP contribution in [-0.4, -0.2) is 56.6 Å². The molecule has 0 spiro atoms. The molecule has 0 aliphatic heterocycles. The van der Waals surface area contributed by atoms with Gasteiger partial charge < -0.3 is 10.1 Å². The van der Waals surface area contributed by atoms with Crippen molar-refractivity contribution < 1.29 is 27.5 Å². The van der Waals surface area contributed by atoms with Gasteiger partial charge in [-0.05, 0) is 38.0 Å². The van der Waals surface area contributed by atoms with Gasteiger partial charge in [-0.25, -0.2) is 8.42 Å². The first kappa shape index (κ1) is 24.2. The number of ketones is 1. The van der Waals surface area contributed by atoms with E-state index in [0.29, 0.717) is 18.5 Å². The zero-order chi connectivity index (χ0) is 23.0. The molecule has 1 amide bonds. The molecular formula is C22H26N2O6S. The summed E-state index contributed by atoms with van der Waals surface area (Å²) in [4.78, 5) is 35.5. The minimum Gasteiger partial charge on any atom is -0.452 e. The normalized spacial score (nSPS) is 12.3. The maximum absolute atomic E-state index is 12.6. The van der Waals surface area contributed by atoms with Gasteiger partial charge in [-0.1, -0.05) is 42.5 Å². The largest absolute Gasteiger partial charge is 0.452 e. The van der Waals surface area contributed by atoms with E-state index in [4.69, 9.17) is 4.74 Å². The van der Waals surface area contributed by atoms with Gasteiger partial charge in [0.15, 0.2) is 11.9 Å². The lowest BCUT2D eigenvalue weighted by atomic mass is 10.1. The molecule has 1 unspecified atom stereocenters. The Labute approximate surface area is 182 Å². The number of Topliss-reactive ketones (excluding diaryl/α,β-unsaturated/α-hetero) is 1. The number of benzene rings is 2. The number of hydrogen-bond donors (Lipinski definition) is 1. The van der Waals surface area contributed by atoms with Crippen LogP contribution in [0.3, 0.4) is 0 Å². The molecular weight excluding hydrogens is 420 g/mol. The molecule has 2 aromatic rings. The van der Waals surface area contributed by atoms with Crippen LogP contribution in [0, 0.1) is 0 Å². The number of nitrogens with zero attached hydrogens (tertiary/aromatic N) is 1. The fourth-order valence-electron chi connectivity index (χ4n) is 2.71. The SMILES string of the molecule is CC(=O)c1ccc(S(=O)(=O)N(C)CC(=O)OC(C)C(=O)NCCc2ccccc2)cc1. The van der Waals surface area contributed by atoms with E-state index < -0.39 is 34.5 Å². The summed E-state index contributed by atoms with van der Waals surface area (Å²) in [7, 11) is -2.72. The Balaban J connectivity index is 1.85. The number of hydrogen-bond acceptors (Lipinski definition) is 6.